The summed E-state index contributed by atoms with van der Waals surface area (Å²) in [5.74, 6) is 0.144. The third-order valence-corrected chi connectivity index (χ3v) is 6.58. The molecule has 1 aromatic rings. The molecule has 0 spiro atoms. The highest BCUT2D eigenvalue weighted by Crippen LogP contribution is 2.46. The number of hydrogen-bond donors (Lipinski definition) is 1. The van der Waals surface area contributed by atoms with Crippen LogP contribution >= 0.6 is 0 Å². The van der Waals surface area contributed by atoms with Crippen LogP contribution < -0.4 is 0 Å². The highest BCUT2D eigenvalue weighted by molar-refractivity contribution is 6.71. The van der Waals surface area contributed by atoms with Gasteiger partial charge in [-0.15, -0.1) is 0 Å². The molecule has 0 aromatic heterocycles. The number of rotatable bonds is 2. The summed E-state index contributed by atoms with van der Waals surface area (Å²) in [5.41, 5.74) is 0.617. The van der Waals surface area contributed by atoms with Gasteiger partial charge in [-0.3, -0.25) is 0 Å². The second-order valence-corrected chi connectivity index (χ2v) is 10.2. The minimum absolute atomic E-state index is 0.0339. The SMILES string of the molecule is CC[C@@]1(O)C[Si](C)(C)O[C@@H](c2ccccc2)[C@H]1C. The van der Waals surface area contributed by atoms with Gasteiger partial charge in [0.2, 0.25) is 0 Å². The molecule has 1 N–H and O–H groups in total. The van der Waals surface area contributed by atoms with Crippen LogP contribution in [-0.4, -0.2) is 19.0 Å². The third kappa shape index (κ3) is 2.53. The van der Waals surface area contributed by atoms with E-state index in [4.69, 9.17) is 4.43 Å². The van der Waals surface area contributed by atoms with Crippen LogP contribution in [0.25, 0.3) is 0 Å². The Balaban J connectivity index is 2.35. The summed E-state index contributed by atoms with van der Waals surface area (Å²) < 4.78 is 6.35. The van der Waals surface area contributed by atoms with Crippen LogP contribution in [0.1, 0.15) is 31.9 Å². The Morgan fingerprint density at radius 3 is 2.50 bits per heavy atom. The van der Waals surface area contributed by atoms with E-state index in [2.05, 4.69) is 39.1 Å². The quantitative estimate of drug-likeness (QED) is 0.825. The fourth-order valence-electron chi connectivity index (χ4n) is 3.11. The zero-order valence-corrected chi connectivity index (χ0v) is 12.8. The molecule has 1 aliphatic rings. The van der Waals surface area contributed by atoms with Crippen molar-refractivity contribution in [3.05, 3.63) is 35.9 Å². The molecule has 18 heavy (non-hydrogen) atoms. The summed E-state index contributed by atoms with van der Waals surface area (Å²) in [6.07, 6.45) is 0.837. The second kappa shape index (κ2) is 4.80. The van der Waals surface area contributed by atoms with Crippen LogP contribution in [0.4, 0.5) is 0 Å². The number of hydrogen-bond acceptors (Lipinski definition) is 2. The molecule has 0 amide bonds. The summed E-state index contributed by atoms with van der Waals surface area (Å²) in [6.45, 7) is 8.60. The zero-order valence-electron chi connectivity index (χ0n) is 11.8. The molecule has 1 aliphatic heterocycles. The zero-order chi connectivity index (χ0) is 13.4. The van der Waals surface area contributed by atoms with E-state index >= 15 is 0 Å². The largest absolute Gasteiger partial charge is 0.410 e. The van der Waals surface area contributed by atoms with Crippen molar-refractivity contribution in [3.63, 3.8) is 0 Å². The van der Waals surface area contributed by atoms with Crippen molar-refractivity contribution in [2.75, 3.05) is 0 Å². The minimum atomic E-state index is -1.78. The maximum atomic E-state index is 10.9. The molecule has 0 radical (unpaired) electrons. The van der Waals surface area contributed by atoms with Crippen LogP contribution in [-0.2, 0) is 4.43 Å². The molecule has 1 saturated heterocycles. The first kappa shape index (κ1) is 13.8. The number of aliphatic hydroxyl groups is 1. The van der Waals surface area contributed by atoms with Gasteiger partial charge in [0, 0.05) is 5.92 Å². The Hall–Kier alpha value is -0.643. The molecule has 3 atom stereocenters. The smallest absolute Gasteiger partial charge is 0.190 e. The van der Waals surface area contributed by atoms with E-state index in [1.165, 1.54) is 5.56 Å². The van der Waals surface area contributed by atoms with Gasteiger partial charge in [0.25, 0.3) is 0 Å². The predicted octanol–water partition coefficient (Wildman–Crippen LogP) is 3.74. The maximum absolute atomic E-state index is 10.9. The Labute approximate surface area is 111 Å². The molecule has 3 heteroatoms. The fourth-order valence-corrected chi connectivity index (χ4v) is 6.27. The van der Waals surface area contributed by atoms with E-state index in [0.29, 0.717) is 0 Å². The Morgan fingerprint density at radius 2 is 1.94 bits per heavy atom. The van der Waals surface area contributed by atoms with Crippen molar-refractivity contribution in [1.29, 1.82) is 0 Å². The van der Waals surface area contributed by atoms with Crippen LogP contribution in [0.3, 0.4) is 0 Å². The molecule has 0 unspecified atom stereocenters. The first-order valence-electron chi connectivity index (χ1n) is 6.83. The summed E-state index contributed by atoms with van der Waals surface area (Å²) in [5, 5.41) is 10.9. The standard InChI is InChI=1S/C15H24O2Si/c1-5-15(16)11-18(3,4)17-14(12(15)2)13-9-7-6-8-10-13/h6-10,12,14,16H,5,11H2,1-4H3/t12-,14-,15-/m1/s1. The monoisotopic (exact) mass is 264 g/mol. The van der Waals surface area contributed by atoms with Gasteiger partial charge in [-0.2, -0.15) is 0 Å². The van der Waals surface area contributed by atoms with Gasteiger partial charge in [0.05, 0.1) is 11.7 Å². The van der Waals surface area contributed by atoms with Crippen molar-refractivity contribution in [2.45, 2.75) is 51.1 Å². The summed E-state index contributed by atoms with van der Waals surface area (Å²) in [4.78, 5) is 0. The van der Waals surface area contributed by atoms with Crippen molar-refractivity contribution in [2.24, 2.45) is 5.92 Å². The molecule has 1 heterocycles. The van der Waals surface area contributed by atoms with Crippen molar-refractivity contribution >= 4 is 8.32 Å². The third-order valence-electron chi connectivity index (χ3n) is 4.22. The minimum Gasteiger partial charge on any atom is -0.410 e. The predicted molar refractivity (Wildman–Crippen MR) is 77.0 cm³/mol. The molecular formula is C15H24O2Si. The Bertz CT molecular complexity index is 404. The van der Waals surface area contributed by atoms with E-state index in [-0.39, 0.29) is 12.0 Å². The average Bonchev–Trinajstić information content (AvgIpc) is 2.34. The lowest BCUT2D eigenvalue weighted by atomic mass is 9.81. The van der Waals surface area contributed by atoms with Gasteiger partial charge in [0.15, 0.2) is 8.32 Å². The molecule has 0 saturated carbocycles. The van der Waals surface area contributed by atoms with Gasteiger partial charge in [-0.1, -0.05) is 44.2 Å². The molecule has 0 bridgehead atoms. The van der Waals surface area contributed by atoms with Gasteiger partial charge >= 0.3 is 0 Å². The van der Waals surface area contributed by atoms with E-state index in [1.54, 1.807) is 0 Å². The maximum Gasteiger partial charge on any atom is 0.190 e. The molecule has 1 aromatic carbocycles. The summed E-state index contributed by atoms with van der Waals surface area (Å²) >= 11 is 0. The van der Waals surface area contributed by atoms with Crippen molar-refractivity contribution in [3.8, 4) is 0 Å². The van der Waals surface area contributed by atoms with Gasteiger partial charge in [-0.25, -0.2) is 0 Å². The lowest BCUT2D eigenvalue weighted by Crippen LogP contribution is -2.54. The van der Waals surface area contributed by atoms with Crippen LogP contribution in [0.15, 0.2) is 30.3 Å². The van der Waals surface area contributed by atoms with Crippen LogP contribution in [0.5, 0.6) is 0 Å². The van der Waals surface area contributed by atoms with Crippen LogP contribution in [0, 0.1) is 5.92 Å². The first-order chi connectivity index (χ1) is 8.38. The average molecular weight is 264 g/mol. The van der Waals surface area contributed by atoms with Gasteiger partial charge in [0.1, 0.15) is 0 Å². The van der Waals surface area contributed by atoms with E-state index in [0.717, 1.165) is 12.5 Å². The number of benzene rings is 1. The topological polar surface area (TPSA) is 29.5 Å². The van der Waals surface area contributed by atoms with E-state index in [9.17, 15) is 5.11 Å². The molecular weight excluding hydrogens is 240 g/mol. The second-order valence-electron chi connectivity index (χ2n) is 6.13. The highest BCUT2D eigenvalue weighted by atomic mass is 28.4. The van der Waals surface area contributed by atoms with E-state index < -0.39 is 13.9 Å². The highest BCUT2D eigenvalue weighted by Gasteiger charge is 2.49. The Kier molecular flexibility index (Phi) is 3.67. The summed E-state index contributed by atoms with van der Waals surface area (Å²) in [6, 6.07) is 11.1. The lowest BCUT2D eigenvalue weighted by Gasteiger charge is -2.49. The molecule has 100 valence electrons. The molecule has 2 nitrogen and oxygen atoms in total. The van der Waals surface area contributed by atoms with Crippen LogP contribution in [0.2, 0.25) is 19.1 Å². The lowest BCUT2D eigenvalue weighted by molar-refractivity contribution is -0.0741. The molecule has 1 fully saturated rings. The Morgan fingerprint density at radius 1 is 1.33 bits per heavy atom. The van der Waals surface area contributed by atoms with Gasteiger partial charge in [-0.05, 0) is 31.1 Å². The van der Waals surface area contributed by atoms with Crippen molar-refractivity contribution < 1.29 is 9.53 Å². The fraction of sp³-hybridized carbons (Fsp3) is 0.600. The van der Waals surface area contributed by atoms with Crippen molar-refractivity contribution in [1.82, 2.24) is 0 Å². The first-order valence-corrected chi connectivity index (χ1v) is 9.95. The normalized spacial score (nSPS) is 35.4. The van der Waals surface area contributed by atoms with Gasteiger partial charge < -0.3 is 9.53 Å². The molecule has 2 rings (SSSR count). The van der Waals surface area contributed by atoms with E-state index in [1.807, 2.05) is 18.2 Å². The summed E-state index contributed by atoms with van der Waals surface area (Å²) in [7, 11) is -1.78. The molecule has 0 aliphatic carbocycles.